The van der Waals surface area contributed by atoms with Crippen molar-refractivity contribution in [1.82, 2.24) is 0 Å². The molecule has 3 amide bonds. The van der Waals surface area contributed by atoms with E-state index < -0.39 is 11.9 Å². The van der Waals surface area contributed by atoms with Gasteiger partial charge in [0.05, 0.1) is 23.4 Å². The second-order valence-corrected chi connectivity index (χ2v) is 9.81. The zero-order chi connectivity index (χ0) is 24.0. The van der Waals surface area contributed by atoms with Gasteiger partial charge in [0.1, 0.15) is 5.75 Å². The molecule has 2 saturated heterocycles. The number of hydrogen-bond acceptors (Lipinski definition) is 5. The number of nitrogens with zero attached hydrogens (tertiary/aromatic N) is 2. The monoisotopic (exact) mass is 460 g/mol. The molecular formula is C27H28N2O5. The Hall–Kier alpha value is -3.48. The van der Waals surface area contributed by atoms with Gasteiger partial charge in [0.15, 0.2) is 0 Å². The molecule has 34 heavy (non-hydrogen) atoms. The van der Waals surface area contributed by atoms with Crippen LogP contribution in [0.15, 0.2) is 48.5 Å². The summed E-state index contributed by atoms with van der Waals surface area (Å²) in [4.78, 5) is 54.3. The van der Waals surface area contributed by atoms with Gasteiger partial charge in [-0.25, -0.2) is 4.90 Å². The first kappa shape index (κ1) is 22.3. The van der Waals surface area contributed by atoms with E-state index in [0.717, 1.165) is 30.5 Å². The summed E-state index contributed by atoms with van der Waals surface area (Å²) < 4.78 is 5.59. The zero-order valence-corrected chi connectivity index (χ0v) is 19.4. The lowest BCUT2D eigenvalue weighted by molar-refractivity contribution is -0.139. The molecule has 3 aliphatic rings. The first-order valence-corrected chi connectivity index (χ1v) is 11.9. The molecular weight excluding hydrogens is 432 g/mol. The number of rotatable bonds is 4. The third kappa shape index (κ3) is 4.00. The minimum absolute atomic E-state index is 0.0805. The van der Waals surface area contributed by atoms with Crippen LogP contribution in [0.5, 0.6) is 5.75 Å². The molecule has 2 heterocycles. The number of esters is 1. The molecule has 3 fully saturated rings. The Morgan fingerprint density at radius 3 is 2.47 bits per heavy atom. The molecule has 2 aromatic carbocycles. The van der Waals surface area contributed by atoms with Crippen molar-refractivity contribution in [2.45, 2.75) is 39.5 Å². The zero-order valence-electron chi connectivity index (χ0n) is 19.4. The van der Waals surface area contributed by atoms with Gasteiger partial charge in [-0.1, -0.05) is 25.1 Å². The molecule has 1 aliphatic carbocycles. The SMILES string of the molecule is Cc1cccc(N2C[C@H](C(=O)Oc3cccc(N4C(=O)[C@H]5C[C@@H](C)CC[C@H]5C4=O)c3)CC2=O)c1. The quantitative estimate of drug-likeness (QED) is 0.393. The van der Waals surface area contributed by atoms with Crippen LogP contribution in [-0.2, 0) is 19.2 Å². The number of ether oxygens (including phenoxy) is 1. The molecule has 176 valence electrons. The minimum atomic E-state index is -0.587. The van der Waals surface area contributed by atoms with Crippen molar-refractivity contribution in [1.29, 1.82) is 0 Å². The molecule has 0 aromatic heterocycles. The van der Waals surface area contributed by atoms with Gasteiger partial charge in [-0.3, -0.25) is 19.2 Å². The lowest BCUT2D eigenvalue weighted by Crippen LogP contribution is -2.31. The van der Waals surface area contributed by atoms with E-state index in [4.69, 9.17) is 4.74 Å². The first-order valence-electron chi connectivity index (χ1n) is 11.9. The fourth-order valence-electron chi connectivity index (χ4n) is 5.44. The van der Waals surface area contributed by atoms with Crippen molar-refractivity contribution in [2.75, 3.05) is 16.3 Å². The van der Waals surface area contributed by atoms with Crippen molar-refractivity contribution in [3.63, 3.8) is 0 Å². The van der Waals surface area contributed by atoms with Crippen LogP contribution in [0.1, 0.15) is 38.2 Å². The number of aryl methyl sites for hydroxylation is 1. The molecule has 0 N–H and O–H groups in total. The number of imide groups is 1. The van der Waals surface area contributed by atoms with Crippen LogP contribution < -0.4 is 14.5 Å². The summed E-state index contributed by atoms with van der Waals surface area (Å²) >= 11 is 0. The lowest BCUT2D eigenvalue weighted by atomic mass is 9.76. The molecule has 2 aromatic rings. The van der Waals surface area contributed by atoms with Crippen molar-refractivity contribution in [2.24, 2.45) is 23.7 Å². The summed E-state index contributed by atoms with van der Waals surface area (Å²) in [5.41, 5.74) is 2.23. The molecule has 7 heteroatoms. The standard InChI is InChI=1S/C27H28N2O5/c1-16-5-3-6-19(11-16)28-15-18(13-24(28)30)27(33)34-21-8-4-7-20(14-21)29-25(31)22-10-9-17(2)12-23(22)26(29)32/h3-8,11,14,17-18,22-23H,9-10,12-13,15H2,1-2H3/t17-,18+,22+,23-/m0/s1. The van der Waals surface area contributed by atoms with E-state index in [-0.39, 0.29) is 48.3 Å². The van der Waals surface area contributed by atoms with Gasteiger partial charge in [0.2, 0.25) is 17.7 Å². The summed E-state index contributed by atoms with van der Waals surface area (Å²) in [5.74, 6) is -1.37. The maximum Gasteiger partial charge on any atom is 0.316 e. The van der Waals surface area contributed by atoms with Crippen LogP contribution in [0, 0.1) is 30.6 Å². The van der Waals surface area contributed by atoms with Crippen molar-refractivity contribution < 1.29 is 23.9 Å². The van der Waals surface area contributed by atoms with E-state index in [1.807, 2.05) is 31.2 Å². The predicted octanol–water partition coefficient (Wildman–Crippen LogP) is 3.88. The largest absolute Gasteiger partial charge is 0.426 e. The second kappa shape index (κ2) is 8.70. The van der Waals surface area contributed by atoms with Crippen LogP contribution >= 0.6 is 0 Å². The van der Waals surface area contributed by atoms with Crippen LogP contribution in [0.2, 0.25) is 0 Å². The highest BCUT2D eigenvalue weighted by Crippen LogP contribution is 2.42. The fraction of sp³-hybridized carbons (Fsp3) is 0.407. The molecule has 0 spiro atoms. The minimum Gasteiger partial charge on any atom is -0.426 e. The molecule has 4 atom stereocenters. The molecule has 7 nitrogen and oxygen atoms in total. The van der Waals surface area contributed by atoms with Crippen LogP contribution in [0.4, 0.5) is 11.4 Å². The van der Waals surface area contributed by atoms with E-state index in [1.165, 1.54) is 4.90 Å². The predicted molar refractivity (Wildman–Crippen MR) is 126 cm³/mol. The fourth-order valence-corrected chi connectivity index (χ4v) is 5.44. The highest BCUT2D eigenvalue weighted by atomic mass is 16.5. The molecule has 1 saturated carbocycles. The average Bonchev–Trinajstić information content (AvgIpc) is 3.31. The maximum absolute atomic E-state index is 13.0. The normalized spacial score (nSPS) is 26.7. The molecule has 2 aliphatic heterocycles. The number of hydrogen-bond donors (Lipinski definition) is 0. The Kier molecular flexibility index (Phi) is 5.71. The molecule has 0 radical (unpaired) electrons. The van der Waals surface area contributed by atoms with E-state index in [2.05, 4.69) is 6.92 Å². The Bertz CT molecular complexity index is 1180. The van der Waals surface area contributed by atoms with Crippen LogP contribution in [0.3, 0.4) is 0 Å². The summed E-state index contributed by atoms with van der Waals surface area (Å²) in [5, 5.41) is 0. The van der Waals surface area contributed by atoms with Gasteiger partial charge in [0, 0.05) is 24.7 Å². The van der Waals surface area contributed by atoms with Gasteiger partial charge in [-0.15, -0.1) is 0 Å². The van der Waals surface area contributed by atoms with Gasteiger partial charge in [-0.2, -0.15) is 0 Å². The van der Waals surface area contributed by atoms with Crippen molar-refractivity contribution in [3.05, 3.63) is 54.1 Å². The van der Waals surface area contributed by atoms with E-state index in [0.29, 0.717) is 11.6 Å². The van der Waals surface area contributed by atoms with E-state index in [9.17, 15) is 19.2 Å². The molecule has 0 unspecified atom stereocenters. The maximum atomic E-state index is 13.0. The van der Waals surface area contributed by atoms with Gasteiger partial charge >= 0.3 is 5.97 Å². The van der Waals surface area contributed by atoms with E-state index >= 15 is 0 Å². The highest BCUT2D eigenvalue weighted by molar-refractivity contribution is 6.22. The van der Waals surface area contributed by atoms with Gasteiger partial charge in [0.25, 0.3) is 0 Å². The Labute approximate surface area is 198 Å². The molecule has 5 rings (SSSR count). The Morgan fingerprint density at radius 1 is 0.941 bits per heavy atom. The summed E-state index contributed by atoms with van der Waals surface area (Å²) in [6.45, 7) is 4.32. The number of fused-ring (bicyclic) bond motifs is 1. The lowest BCUT2D eigenvalue weighted by Gasteiger charge is -2.25. The Balaban J connectivity index is 1.29. The van der Waals surface area contributed by atoms with Crippen LogP contribution in [-0.4, -0.2) is 30.2 Å². The third-order valence-electron chi connectivity index (χ3n) is 7.25. The summed E-state index contributed by atoms with van der Waals surface area (Å²) in [6, 6.07) is 14.1. The first-order chi connectivity index (χ1) is 16.3. The van der Waals surface area contributed by atoms with Crippen molar-refractivity contribution >= 4 is 35.1 Å². The van der Waals surface area contributed by atoms with Gasteiger partial charge in [-0.05, 0) is 61.9 Å². The topological polar surface area (TPSA) is 84.0 Å². The Morgan fingerprint density at radius 2 is 1.68 bits per heavy atom. The highest BCUT2D eigenvalue weighted by Gasteiger charge is 2.50. The summed E-state index contributed by atoms with van der Waals surface area (Å²) in [6.07, 6.45) is 2.49. The number of anilines is 2. The van der Waals surface area contributed by atoms with Crippen molar-refractivity contribution in [3.8, 4) is 5.75 Å². The molecule has 0 bridgehead atoms. The van der Waals surface area contributed by atoms with E-state index in [1.54, 1.807) is 29.2 Å². The third-order valence-corrected chi connectivity index (χ3v) is 7.25. The number of benzene rings is 2. The number of amides is 3. The second-order valence-electron chi connectivity index (χ2n) is 9.81. The number of carbonyl (C=O) groups excluding carboxylic acids is 4. The number of carbonyl (C=O) groups is 4. The van der Waals surface area contributed by atoms with Gasteiger partial charge < -0.3 is 9.64 Å². The summed E-state index contributed by atoms with van der Waals surface area (Å²) in [7, 11) is 0. The van der Waals surface area contributed by atoms with Crippen LogP contribution in [0.25, 0.3) is 0 Å². The average molecular weight is 461 g/mol. The smallest absolute Gasteiger partial charge is 0.316 e.